The van der Waals surface area contributed by atoms with Gasteiger partial charge in [0, 0.05) is 28.3 Å². The van der Waals surface area contributed by atoms with Crippen LogP contribution in [-0.4, -0.2) is 34.9 Å². The zero-order valence-electron chi connectivity index (χ0n) is 11.0. The van der Waals surface area contributed by atoms with E-state index >= 15 is 0 Å². The lowest BCUT2D eigenvalue weighted by Crippen LogP contribution is -2.27. The molecule has 0 saturated heterocycles. The van der Waals surface area contributed by atoms with Crippen molar-refractivity contribution in [3.63, 3.8) is 0 Å². The highest BCUT2D eigenvalue weighted by molar-refractivity contribution is 8.13. The third-order valence-corrected chi connectivity index (χ3v) is 3.44. The Balaban J connectivity index is 2.53. The van der Waals surface area contributed by atoms with E-state index in [1.165, 1.54) is 18.5 Å². The minimum Gasteiger partial charge on any atom is -0.442 e. The molecule has 2 aromatic rings. The van der Waals surface area contributed by atoms with Gasteiger partial charge in [0.2, 0.25) is 0 Å². The van der Waals surface area contributed by atoms with Crippen LogP contribution in [0.3, 0.4) is 0 Å². The lowest BCUT2D eigenvalue weighted by atomic mass is 10.2. The van der Waals surface area contributed by atoms with E-state index in [0.29, 0.717) is 5.39 Å². The fraction of sp³-hybridized carbons (Fsp3) is 0.364. The number of fused-ring (bicyclic) bond motifs is 1. The molecule has 2 rings (SSSR count). The summed E-state index contributed by atoms with van der Waals surface area (Å²) in [4.78, 5) is 15.7. The molecule has 0 aliphatic rings. The normalized spacial score (nSPS) is 12.6. The summed E-state index contributed by atoms with van der Waals surface area (Å²) in [5.41, 5.74) is -0.433. The lowest BCUT2D eigenvalue weighted by molar-refractivity contribution is 0.0522. The number of hydrogen-bond acceptors (Lipinski definition) is 6. The molecular formula is C11H12ClN3O4S. The molecule has 0 bridgehead atoms. The van der Waals surface area contributed by atoms with Gasteiger partial charge in [0.25, 0.3) is 9.05 Å². The number of nitrogens with zero attached hydrogens (tertiary/aromatic N) is 3. The topological polar surface area (TPSA) is 91.2 Å². The molecule has 20 heavy (non-hydrogen) atoms. The van der Waals surface area contributed by atoms with Crippen molar-refractivity contribution in [2.24, 2.45) is 0 Å². The van der Waals surface area contributed by atoms with Gasteiger partial charge in [0.05, 0.1) is 11.7 Å². The second-order valence-corrected chi connectivity index (χ2v) is 7.57. The molecule has 9 heteroatoms. The van der Waals surface area contributed by atoms with Crippen LogP contribution in [0.5, 0.6) is 0 Å². The van der Waals surface area contributed by atoms with Gasteiger partial charge in [-0.05, 0) is 20.8 Å². The summed E-state index contributed by atoms with van der Waals surface area (Å²) in [5.74, 6) is 0. The van der Waals surface area contributed by atoms with E-state index in [-0.39, 0.29) is 10.5 Å². The maximum atomic E-state index is 12.0. The Hall–Kier alpha value is -1.67. The first-order valence-electron chi connectivity index (χ1n) is 5.60. The highest BCUT2D eigenvalue weighted by Crippen LogP contribution is 2.20. The molecule has 108 valence electrons. The maximum Gasteiger partial charge on any atom is 0.435 e. The van der Waals surface area contributed by atoms with Crippen LogP contribution in [0.2, 0.25) is 0 Å². The van der Waals surface area contributed by atoms with Crippen molar-refractivity contribution in [1.82, 2.24) is 14.8 Å². The first kappa shape index (κ1) is 14.7. The third-order valence-electron chi connectivity index (χ3n) is 2.24. The Bertz CT molecular complexity index is 777. The second kappa shape index (κ2) is 4.71. The van der Waals surface area contributed by atoms with Crippen LogP contribution in [0.15, 0.2) is 23.5 Å². The van der Waals surface area contributed by atoms with E-state index in [0.717, 1.165) is 4.68 Å². The van der Waals surface area contributed by atoms with Crippen molar-refractivity contribution in [2.75, 3.05) is 0 Å². The van der Waals surface area contributed by atoms with Gasteiger partial charge in [0.1, 0.15) is 5.60 Å². The summed E-state index contributed by atoms with van der Waals surface area (Å²) < 4.78 is 28.7. The van der Waals surface area contributed by atoms with Gasteiger partial charge in [0.15, 0.2) is 5.03 Å². The Labute approximate surface area is 119 Å². The minimum absolute atomic E-state index is 0.258. The summed E-state index contributed by atoms with van der Waals surface area (Å²) in [6, 6.07) is 1.18. The molecule has 2 heterocycles. The monoisotopic (exact) mass is 317 g/mol. The van der Waals surface area contributed by atoms with Gasteiger partial charge in [-0.15, -0.1) is 0 Å². The Kier molecular flexibility index (Phi) is 3.47. The lowest BCUT2D eigenvalue weighted by Gasteiger charge is -2.19. The van der Waals surface area contributed by atoms with Crippen LogP contribution in [-0.2, 0) is 13.8 Å². The summed E-state index contributed by atoms with van der Waals surface area (Å²) in [7, 11) is 1.25. The Morgan fingerprint density at radius 1 is 1.35 bits per heavy atom. The summed E-state index contributed by atoms with van der Waals surface area (Å²) in [5, 5.41) is 4.02. The quantitative estimate of drug-likeness (QED) is 0.748. The molecule has 0 spiro atoms. The minimum atomic E-state index is -3.98. The van der Waals surface area contributed by atoms with E-state index in [1.54, 1.807) is 20.8 Å². The first-order valence-corrected chi connectivity index (χ1v) is 7.91. The Morgan fingerprint density at radius 3 is 2.55 bits per heavy atom. The van der Waals surface area contributed by atoms with Crippen LogP contribution in [0.25, 0.3) is 10.9 Å². The van der Waals surface area contributed by atoms with Crippen LogP contribution < -0.4 is 0 Å². The number of carbonyl (C=O) groups is 1. The van der Waals surface area contributed by atoms with E-state index in [9.17, 15) is 13.2 Å². The number of rotatable bonds is 1. The van der Waals surface area contributed by atoms with Gasteiger partial charge in [-0.3, -0.25) is 0 Å². The fourth-order valence-electron chi connectivity index (χ4n) is 1.49. The fourth-order valence-corrected chi connectivity index (χ4v) is 2.17. The molecule has 0 aliphatic carbocycles. The summed E-state index contributed by atoms with van der Waals surface area (Å²) in [6.45, 7) is 5.15. The van der Waals surface area contributed by atoms with Crippen molar-refractivity contribution >= 4 is 36.7 Å². The Morgan fingerprint density at radius 2 is 2.00 bits per heavy atom. The number of halogens is 1. The number of aromatic nitrogens is 3. The van der Waals surface area contributed by atoms with Crippen LogP contribution in [0, 0.1) is 0 Å². The maximum absolute atomic E-state index is 12.0. The molecule has 0 fully saturated rings. The molecule has 0 aromatic carbocycles. The average molecular weight is 318 g/mol. The number of carbonyl (C=O) groups excluding carboxylic acids is 1. The predicted molar refractivity (Wildman–Crippen MR) is 72.2 cm³/mol. The number of ether oxygens (including phenoxy) is 1. The van der Waals surface area contributed by atoms with Gasteiger partial charge in [-0.25, -0.2) is 18.2 Å². The largest absolute Gasteiger partial charge is 0.442 e. The third kappa shape index (κ3) is 3.07. The molecule has 0 radical (unpaired) electrons. The predicted octanol–water partition coefficient (Wildman–Crippen LogP) is 2.14. The highest BCUT2D eigenvalue weighted by atomic mass is 35.7. The number of hydrogen-bond donors (Lipinski definition) is 0. The van der Waals surface area contributed by atoms with Crippen LogP contribution >= 0.6 is 10.7 Å². The van der Waals surface area contributed by atoms with E-state index in [4.69, 9.17) is 15.4 Å². The van der Waals surface area contributed by atoms with Crippen molar-refractivity contribution in [1.29, 1.82) is 0 Å². The van der Waals surface area contributed by atoms with Crippen LogP contribution in [0.1, 0.15) is 20.8 Å². The molecule has 7 nitrogen and oxygen atoms in total. The van der Waals surface area contributed by atoms with Crippen molar-refractivity contribution in [3.8, 4) is 0 Å². The SMILES string of the molecule is CC(C)(C)OC(=O)n1ncc2cnc(S(=O)(=O)Cl)cc21. The van der Waals surface area contributed by atoms with E-state index < -0.39 is 20.7 Å². The molecule has 0 saturated carbocycles. The first-order chi connectivity index (χ1) is 9.08. The van der Waals surface area contributed by atoms with Gasteiger partial charge in [-0.2, -0.15) is 9.78 Å². The molecule has 2 aromatic heterocycles. The highest BCUT2D eigenvalue weighted by Gasteiger charge is 2.21. The molecule has 0 unspecified atom stereocenters. The van der Waals surface area contributed by atoms with Gasteiger partial charge in [-0.1, -0.05) is 0 Å². The van der Waals surface area contributed by atoms with Gasteiger partial charge >= 0.3 is 6.09 Å². The van der Waals surface area contributed by atoms with Crippen LogP contribution in [0.4, 0.5) is 4.79 Å². The zero-order valence-corrected chi connectivity index (χ0v) is 12.6. The molecule has 0 amide bonds. The number of pyridine rings is 1. The van der Waals surface area contributed by atoms with Crippen molar-refractivity contribution in [3.05, 3.63) is 18.5 Å². The molecular weight excluding hydrogens is 306 g/mol. The van der Waals surface area contributed by atoms with Gasteiger partial charge < -0.3 is 4.74 Å². The summed E-state index contributed by atoms with van der Waals surface area (Å²) in [6.07, 6.45) is 1.95. The summed E-state index contributed by atoms with van der Waals surface area (Å²) >= 11 is 0. The second-order valence-electron chi connectivity index (χ2n) is 5.06. The molecule has 0 atom stereocenters. The average Bonchev–Trinajstić information content (AvgIpc) is 2.67. The molecule has 0 aliphatic heterocycles. The van der Waals surface area contributed by atoms with E-state index in [1.807, 2.05) is 0 Å². The molecule has 0 N–H and O–H groups in total. The van der Waals surface area contributed by atoms with Crippen molar-refractivity contribution in [2.45, 2.75) is 31.4 Å². The smallest absolute Gasteiger partial charge is 0.435 e. The van der Waals surface area contributed by atoms with E-state index in [2.05, 4.69) is 10.1 Å². The zero-order chi connectivity index (χ0) is 15.1. The standard InChI is InChI=1S/C11H12ClN3O4S/c1-11(2,3)19-10(16)15-8-4-9(20(12,17)18)13-5-7(8)6-14-15/h4-6H,1-3H3. The van der Waals surface area contributed by atoms with Crippen molar-refractivity contribution < 1.29 is 17.9 Å².